The topological polar surface area (TPSA) is 79.6 Å². The zero-order chi connectivity index (χ0) is 35.7. The fourth-order valence-electron chi connectivity index (χ4n) is 6.64. The van der Waals surface area contributed by atoms with Crippen LogP contribution in [0.4, 0.5) is 45.5 Å². The second-order valence-corrected chi connectivity index (χ2v) is 12.4. The van der Waals surface area contributed by atoms with Gasteiger partial charge in [-0.25, -0.2) is 0 Å². The van der Waals surface area contributed by atoms with Crippen molar-refractivity contribution >= 4 is 11.9 Å². The SMILES string of the molecule is CCC(c1ccc(C(F)(F)F)cc1CN(CC1C=C(C(F)(F)F)C=C(C(F)(F)F)C1)c1nnn(C)n1)N1CCN(C(=O)C2CCCO2)CC1. The van der Waals surface area contributed by atoms with Gasteiger partial charge in [0.15, 0.2) is 0 Å². The van der Waals surface area contributed by atoms with Gasteiger partial charge in [0.2, 0.25) is 0 Å². The molecule has 9 nitrogen and oxygen atoms in total. The molecule has 1 amide bonds. The van der Waals surface area contributed by atoms with E-state index < -0.39 is 66.3 Å². The maximum atomic E-state index is 14.0. The number of tetrazole rings is 1. The van der Waals surface area contributed by atoms with Crippen LogP contribution in [0.25, 0.3) is 0 Å². The maximum Gasteiger partial charge on any atom is 0.416 e. The largest absolute Gasteiger partial charge is 0.416 e. The normalized spacial score (nSPS) is 21.8. The third-order valence-electron chi connectivity index (χ3n) is 9.00. The average molecular weight is 710 g/mol. The first-order valence-electron chi connectivity index (χ1n) is 15.8. The predicted molar refractivity (Wildman–Crippen MR) is 158 cm³/mol. The van der Waals surface area contributed by atoms with Crippen molar-refractivity contribution in [3.05, 3.63) is 58.2 Å². The van der Waals surface area contributed by atoms with Crippen LogP contribution >= 0.6 is 0 Å². The molecule has 1 aromatic heterocycles. The molecular weight excluding hydrogens is 673 g/mol. The summed E-state index contributed by atoms with van der Waals surface area (Å²) in [6.07, 6.45) is -13.4. The van der Waals surface area contributed by atoms with E-state index in [9.17, 15) is 44.3 Å². The monoisotopic (exact) mass is 709 g/mol. The van der Waals surface area contributed by atoms with Gasteiger partial charge in [0, 0.05) is 57.5 Å². The van der Waals surface area contributed by atoms with Crippen LogP contribution in [0, 0.1) is 5.92 Å². The molecule has 3 unspecified atom stereocenters. The van der Waals surface area contributed by atoms with Crippen molar-refractivity contribution in [2.45, 2.75) is 69.8 Å². The first-order valence-corrected chi connectivity index (χ1v) is 15.8. The molecule has 0 spiro atoms. The molecule has 49 heavy (non-hydrogen) atoms. The van der Waals surface area contributed by atoms with Crippen molar-refractivity contribution < 1.29 is 49.0 Å². The maximum absolute atomic E-state index is 14.0. The number of hydrogen-bond donors (Lipinski definition) is 0. The molecule has 3 heterocycles. The van der Waals surface area contributed by atoms with E-state index in [4.69, 9.17) is 4.74 Å². The Morgan fingerprint density at radius 3 is 2.29 bits per heavy atom. The number of allylic oxidation sites excluding steroid dienone is 3. The summed E-state index contributed by atoms with van der Waals surface area (Å²) in [5.41, 5.74) is -3.17. The Morgan fingerprint density at radius 1 is 1.02 bits per heavy atom. The standard InChI is InChI=1S/C31H36F9N7O2/c1-3-25(45-8-10-46(11-9-45)27(48)26-5-4-12-49-26)24-7-6-21(29(32,33)34)15-20(24)18-47(28-41-43-44(2)42-28)17-19-13-22(30(35,36)37)16-23(14-19)31(38,39)40/h6-7,13,15-16,19,25-26H,3-5,8-12,14,17-18H2,1-2H3. The highest BCUT2D eigenvalue weighted by Gasteiger charge is 2.42. The molecule has 1 aliphatic carbocycles. The number of nitrogens with zero attached hydrogens (tertiary/aromatic N) is 7. The Bertz CT molecular complexity index is 1540. The number of ether oxygens (including phenoxy) is 1. The van der Waals surface area contributed by atoms with E-state index in [1.54, 1.807) is 4.90 Å². The number of aryl methyl sites for hydroxylation is 1. The Morgan fingerprint density at radius 2 is 1.73 bits per heavy atom. The third-order valence-corrected chi connectivity index (χ3v) is 9.00. The summed E-state index contributed by atoms with van der Waals surface area (Å²) in [6, 6.07) is 2.83. The molecule has 0 N–H and O–H groups in total. The average Bonchev–Trinajstić information content (AvgIpc) is 3.73. The Kier molecular flexibility index (Phi) is 10.7. The van der Waals surface area contributed by atoms with Crippen molar-refractivity contribution in [1.82, 2.24) is 30.0 Å². The number of alkyl halides is 9. The Balaban J connectivity index is 1.46. The molecule has 1 aromatic carbocycles. The fourth-order valence-corrected chi connectivity index (χ4v) is 6.64. The van der Waals surface area contributed by atoms with Crippen LogP contribution in [0.2, 0.25) is 0 Å². The van der Waals surface area contributed by atoms with E-state index in [2.05, 4.69) is 20.3 Å². The van der Waals surface area contributed by atoms with E-state index in [1.165, 1.54) is 18.0 Å². The molecule has 5 rings (SSSR count). The lowest BCUT2D eigenvalue weighted by atomic mass is 9.88. The Labute approximate surface area is 276 Å². The third kappa shape index (κ3) is 8.74. The van der Waals surface area contributed by atoms with Crippen LogP contribution in [0.15, 0.2) is 41.5 Å². The summed E-state index contributed by atoms with van der Waals surface area (Å²) in [7, 11) is 1.40. The molecule has 3 atom stereocenters. The first-order chi connectivity index (χ1) is 22.9. The van der Waals surface area contributed by atoms with E-state index >= 15 is 0 Å². The lowest BCUT2D eigenvalue weighted by Crippen LogP contribution is -2.52. The van der Waals surface area contributed by atoms with Crippen molar-refractivity contribution in [3.8, 4) is 0 Å². The predicted octanol–water partition coefficient (Wildman–Crippen LogP) is 6.01. The number of anilines is 1. The highest BCUT2D eigenvalue weighted by molar-refractivity contribution is 5.81. The minimum absolute atomic E-state index is 0.0757. The molecule has 18 heteroatoms. The zero-order valence-electron chi connectivity index (χ0n) is 26.7. The molecule has 0 bridgehead atoms. The van der Waals surface area contributed by atoms with Gasteiger partial charge in [0.1, 0.15) is 6.10 Å². The molecule has 0 saturated carbocycles. The molecule has 0 radical (unpaired) electrons. The summed E-state index contributed by atoms with van der Waals surface area (Å²) in [5.74, 6) is -1.61. The molecule has 270 valence electrons. The summed E-state index contributed by atoms with van der Waals surface area (Å²) in [6.45, 7) is 3.14. The first kappa shape index (κ1) is 36.6. The lowest BCUT2D eigenvalue weighted by molar-refractivity contribution is -0.143. The Hall–Kier alpha value is -3.67. The highest BCUT2D eigenvalue weighted by Crippen LogP contribution is 2.41. The summed E-state index contributed by atoms with van der Waals surface area (Å²) in [4.78, 5) is 18.9. The molecule has 2 aromatic rings. The van der Waals surface area contributed by atoms with Gasteiger partial charge >= 0.3 is 18.5 Å². The number of piperazine rings is 1. The quantitative estimate of drug-likeness (QED) is 0.296. The fraction of sp³-hybridized carbons (Fsp3) is 0.613. The van der Waals surface area contributed by atoms with Crippen LogP contribution in [-0.2, 0) is 29.3 Å². The molecule has 3 aliphatic rings. The number of halogens is 9. The van der Waals surface area contributed by atoms with Crippen LogP contribution < -0.4 is 4.90 Å². The van der Waals surface area contributed by atoms with Crippen molar-refractivity contribution in [2.24, 2.45) is 13.0 Å². The van der Waals surface area contributed by atoms with Gasteiger partial charge in [-0.15, -0.1) is 5.10 Å². The summed E-state index contributed by atoms with van der Waals surface area (Å²) >= 11 is 0. The van der Waals surface area contributed by atoms with Crippen LogP contribution in [0.1, 0.15) is 55.3 Å². The van der Waals surface area contributed by atoms with Gasteiger partial charge in [0.05, 0.1) is 18.2 Å². The van der Waals surface area contributed by atoms with Gasteiger partial charge in [-0.3, -0.25) is 9.69 Å². The van der Waals surface area contributed by atoms with E-state index in [0.29, 0.717) is 57.3 Å². The van der Waals surface area contributed by atoms with Crippen molar-refractivity contribution in [3.63, 3.8) is 0 Å². The van der Waals surface area contributed by atoms with Crippen molar-refractivity contribution in [2.75, 3.05) is 44.2 Å². The van der Waals surface area contributed by atoms with E-state index in [-0.39, 0.29) is 30.0 Å². The number of amides is 1. The van der Waals surface area contributed by atoms with Gasteiger partial charge in [-0.1, -0.05) is 24.2 Å². The minimum atomic E-state index is -5.06. The zero-order valence-corrected chi connectivity index (χ0v) is 26.7. The molecule has 2 aliphatic heterocycles. The minimum Gasteiger partial charge on any atom is -0.368 e. The highest BCUT2D eigenvalue weighted by atomic mass is 19.4. The van der Waals surface area contributed by atoms with Gasteiger partial charge in [0.25, 0.3) is 11.9 Å². The second-order valence-electron chi connectivity index (χ2n) is 12.4. The second kappa shape index (κ2) is 14.3. The molecular formula is C31H36F9N7O2. The van der Waals surface area contributed by atoms with Gasteiger partial charge < -0.3 is 14.5 Å². The molecule has 2 fully saturated rings. The van der Waals surface area contributed by atoms with E-state index in [0.717, 1.165) is 23.4 Å². The summed E-state index contributed by atoms with van der Waals surface area (Å²) in [5, 5.41) is 11.7. The van der Waals surface area contributed by atoms with Crippen LogP contribution in [-0.4, -0.2) is 93.7 Å². The number of hydrogen-bond acceptors (Lipinski definition) is 7. The smallest absolute Gasteiger partial charge is 0.368 e. The van der Waals surface area contributed by atoms with E-state index in [1.807, 2.05) is 6.92 Å². The number of carbonyl (C=O) groups is 1. The van der Waals surface area contributed by atoms with Crippen molar-refractivity contribution in [1.29, 1.82) is 0 Å². The number of rotatable bonds is 9. The lowest BCUT2D eigenvalue weighted by Gasteiger charge is -2.40. The number of carbonyl (C=O) groups excluding carboxylic acids is 1. The van der Waals surface area contributed by atoms with Crippen LogP contribution in [0.5, 0.6) is 0 Å². The number of benzene rings is 1. The van der Waals surface area contributed by atoms with Gasteiger partial charge in [-0.2, -0.15) is 44.3 Å². The molecule has 2 saturated heterocycles. The summed E-state index contributed by atoms with van der Waals surface area (Å²) < 4.78 is 130. The number of aromatic nitrogens is 4. The van der Waals surface area contributed by atoms with Crippen LogP contribution in [0.3, 0.4) is 0 Å². The van der Waals surface area contributed by atoms with Gasteiger partial charge in [-0.05, 0) is 66.2 Å².